The molecule has 174 valence electrons. The molecule has 0 saturated heterocycles. The van der Waals surface area contributed by atoms with Crippen LogP contribution in [0.25, 0.3) is 10.8 Å². The summed E-state index contributed by atoms with van der Waals surface area (Å²) in [6.45, 7) is 7.55. The number of carbonyl (C=O) groups excluding carboxylic acids is 2. The van der Waals surface area contributed by atoms with E-state index in [0.29, 0.717) is 11.5 Å². The van der Waals surface area contributed by atoms with Gasteiger partial charge in [-0.2, -0.15) is 0 Å². The molecule has 0 radical (unpaired) electrons. The molecule has 33 heavy (non-hydrogen) atoms. The molecule has 1 atom stereocenters. The SMILES string of the molecule is COc1cccc(CN(C(=O)COc2cccc3ccccc23)[C@H](C)C(=O)NC(C)(C)C)c1. The van der Waals surface area contributed by atoms with E-state index in [-0.39, 0.29) is 25.0 Å². The van der Waals surface area contributed by atoms with Crippen LogP contribution in [0, 0.1) is 0 Å². The van der Waals surface area contributed by atoms with E-state index in [2.05, 4.69) is 5.32 Å². The van der Waals surface area contributed by atoms with Crippen LogP contribution in [0.15, 0.2) is 66.7 Å². The lowest BCUT2D eigenvalue weighted by Crippen LogP contribution is -2.53. The number of nitrogens with zero attached hydrogens (tertiary/aromatic N) is 1. The third-order valence-electron chi connectivity index (χ3n) is 5.25. The van der Waals surface area contributed by atoms with Crippen molar-refractivity contribution in [3.05, 3.63) is 72.3 Å². The molecule has 0 fully saturated rings. The maximum Gasteiger partial charge on any atom is 0.261 e. The van der Waals surface area contributed by atoms with Gasteiger partial charge in [-0.1, -0.05) is 48.5 Å². The maximum absolute atomic E-state index is 13.3. The first-order chi connectivity index (χ1) is 15.7. The fraction of sp³-hybridized carbons (Fsp3) is 0.333. The Labute approximate surface area is 195 Å². The van der Waals surface area contributed by atoms with Gasteiger partial charge in [0.2, 0.25) is 5.91 Å². The second-order valence-electron chi connectivity index (χ2n) is 9.05. The van der Waals surface area contributed by atoms with Gasteiger partial charge in [-0.15, -0.1) is 0 Å². The number of nitrogens with one attached hydrogen (secondary N) is 1. The summed E-state index contributed by atoms with van der Waals surface area (Å²) in [6, 6.07) is 20.4. The lowest BCUT2D eigenvalue weighted by Gasteiger charge is -2.31. The molecule has 3 rings (SSSR count). The van der Waals surface area contributed by atoms with Gasteiger partial charge in [-0.3, -0.25) is 9.59 Å². The number of hydrogen-bond acceptors (Lipinski definition) is 4. The summed E-state index contributed by atoms with van der Waals surface area (Å²) in [5, 5.41) is 4.93. The number of hydrogen-bond donors (Lipinski definition) is 1. The van der Waals surface area contributed by atoms with Gasteiger partial charge >= 0.3 is 0 Å². The average Bonchev–Trinajstić information content (AvgIpc) is 2.79. The standard InChI is InChI=1S/C27H32N2O4/c1-19(26(31)28-27(2,3)4)29(17-20-10-8-13-22(16-20)32-5)25(30)18-33-24-15-9-12-21-11-6-7-14-23(21)24/h6-16,19H,17-18H2,1-5H3,(H,28,31)/t19-/m1/s1. The van der Waals surface area contributed by atoms with Crippen LogP contribution in [0.2, 0.25) is 0 Å². The van der Waals surface area contributed by atoms with Crippen molar-refractivity contribution in [2.75, 3.05) is 13.7 Å². The number of benzene rings is 3. The number of methoxy groups -OCH3 is 1. The minimum Gasteiger partial charge on any atom is -0.497 e. The Hall–Kier alpha value is -3.54. The Kier molecular flexibility index (Phi) is 7.59. The fourth-order valence-corrected chi connectivity index (χ4v) is 3.57. The van der Waals surface area contributed by atoms with Crippen molar-refractivity contribution < 1.29 is 19.1 Å². The van der Waals surface area contributed by atoms with Crippen LogP contribution >= 0.6 is 0 Å². The number of fused-ring (bicyclic) bond motifs is 1. The first kappa shape index (κ1) is 24.1. The quantitative estimate of drug-likeness (QED) is 0.549. The van der Waals surface area contributed by atoms with E-state index in [1.165, 1.54) is 0 Å². The Morgan fingerprint density at radius 2 is 1.70 bits per heavy atom. The van der Waals surface area contributed by atoms with Crippen molar-refractivity contribution in [3.63, 3.8) is 0 Å². The molecule has 0 aliphatic rings. The van der Waals surface area contributed by atoms with Crippen LogP contribution in [0.3, 0.4) is 0 Å². The highest BCUT2D eigenvalue weighted by molar-refractivity contribution is 5.90. The van der Waals surface area contributed by atoms with Gasteiger partial charge in [0.15, 0.2) is 6.61 Å². The normalized spacial score (nSPS) is 12.2. The van der Waals surface area contributed by atoms with Gasteiger partial charge in [0, 0.05) is 17.5 Å². The van der Waals surface area contributed by atoms with Crippen LogP contribution in [0.4, 0.5) is 0 Å². The molecule has 1 N–H and O–H groups in total. The topological polar surface area (TPSA) is 67.9 Å². The van der Waals surface area contributed by atoms with Crippen LogP contribution in [-0.2, 0) is 16.1 Å². The summed E-state index contributed by atoms with van der Waals surface area (Å²) in [7, 11) is 1.60. The largest absolute Gasteiger partial charge is 0.497 e. The predicted molar refractivity (Wildman–Crippen MR) is 130 cm³/mol. The lowest BCUT2D eigenvalue weighted by molar-refractivity contribution is -0.142. The lowest BCUT2D eigenvalue weighted by atomic mass is 10.1. The van der Waals surface area contributed by atoms with Crippen LogP contribution in [0.1, 0.15) is 33.3 Å². The minimum absolute atomic E-state index is 0.175. The molecular formula is C27H32N2O4. The molecule has 0 aromatic heterocycles. The third kappa shape index (κ3) is 6.48. The molecule has 0 spiro atoms. The Bertz CT molecular complexity index is 1120. The summed E-state index contributed by atoms with van der Waals surface area (Å²) in [5.41, 5.74) is 0.457. The molecule has 0 bridgehead atoms. The number of rotatable bonds is 8. The Balaban J connectivity index is 1.82. The molecule has 3 aromatic rings. The summed E-state index contributed by atoms with van der Waals surface area (Å²) in [4.78, 5) is 27.8. The van der Waals surface area contributed by atoms with Crippen molar-refractivity contribution in [1.29, 1.82) is 0 Å². The zero-order valence-corrected chi connectivity index (χ0v) is 19.9. The van der Waals surface area contributed by atoms with Crippen molar-refractivity contribution in [1.82, 2.24) is 10.2 Å². The monoisotopic (exact) mass is 448 g/mol. The zero-order chi connectivity index (χ0) is 24.0. The molecular weight excluding hydrogens is 416 g/mol. The van der Waals surface area contributed by atoms with E-state index < -0.39 is 11.6 Å². The molecule has 2 amide bonds. The van der Waals surface area contributed by atoms with E-state index in [0.717, 1.165) is 16.3 Å². The van der Waals surface area contributed by atoms with E-state index in [9.17, 15) is 9.59 Å². The van der Waals surface area contributed by atoms with Crippen molar-refractivity contribution >= 4 is 22.6 Å². The molecule has 0 aliphatic heterocycles. The molecule has 6 nitrogen and oxygen atoms in total. The van der Waals surface area contributed by atoms with Gasteiger partial charge in [-0.25, -0.2) is 0 Å². The Morgan fingerprint density at radius 3 is 2.42 bits per heavy atom. The maximum atomic E-state index is 13.3. The molecule has 3 aromatic carbocycles. The first-order valence-electron chi connectivity index (χ1n) is 11.0. The third-order valence-corrected chi connectivity index (χ3v) is 5.25. The zero-order valence-electron chi connectivity index (χ0n) is 19.9. The highest BCUT2D eigenvalue weighted by atomic mass is 16.5. The second-order valence-corrected chi connectivity index (χ2v) is 9.05. The average molecular weight is 449 g/mol. The van der Waals surface area contributed by atoms with Crippen LogP contribution in [-0.4, -0.2) is 42.0 Å². The highest BCUT2D eigenvalue weighted by Gasteiger charge is 2.28. The van der Waals surface area contributed by atoms with E-state index in [1.807, 2.05) is 87.5 Å². The van der Waals surface area contributed by atoms with Gasteiger partial charge < -0.3 is 19.7 Å². The first-order valence-corrected chi connectivity index (χ1v) is 11.0. The van der Waals surface area contributed by atoms with Crippen molar-refractivity contribution in [2.45, 2.75) is 45.8 Å². The molecule has 0 unspecified atom stereocenters. The summed E-state index contributed by atoms with van der Waals surface area (Å²) in [6.07, 6.45) is 0. The van der Waals surface area contributed by atoms with Gasteiger partial charge in [0.25, 0.3) is 5.91 Å². The summed E-state index contributed by atoms with van der Waals surface area (Å²) in [5.74, 6) is 0.833. The van der Waals surface area contributed by atoms with Gasteiger partial charge in [0.05, 0.1) is 7.11 Å². The van der Waals surface area contributed by atoms with E-state index in [4.69, 9.17) is 9.47 Å². The minimum atomic E-state index is -0.681. The summed E-state index contributed by atoms with van der Waals surface area (Å²) < 4.78 is 11.2. The van der Waals surface area contributed by atoms with E-state index in [1.54, 1.807) is 18.9 Å². The fourth-order valence-electron chi connectivity index (χ4n) is 3.57. The smallest absolute Gasteiger partial charge is 0.261 e. The highest BCUT2D eigenvalue weighted by Crippen LogP contribution is 2.25. The van der Waals surface area contributed by atoms with Crippen molar-refractivity contribution in [3.8, 4) is 11.5 Å². The number of amides is 2. The van der Waals surface area contributed by atoms with Gasteiger partial charge in [-0.05, 0) is 56.8 Å². The Morgan fingerprint density at radius 1 is 1.00 bits per heavy atom. The second kappa shape index (κ2) is 10.4. The number of ether oxygens (including phenoxy) is 2. The molecule has 0 heterocycles. The number of carbonyl (C=O) groups is 2. The van der Waals surface area contributed by atoms with Crippen molar-refractivity contribution in [2.24, 2.45) is 0 Å². The van der Waals surface area contributed by atoms with Crippen LogP contribution in [0.5, 0.6) is 11.5 Å². The molecule has 0 saturated carbocycles. The molecule has 6 heteroatoms. The van der Waals surface area contributed by atoms with E-state index >= 15 is 0 Å². The molecule has 0 aliphatic carbocycles. The van der Waals surface area contributed by atoms with Crippen LogP contribution < -0.4 is 14.8 Å². The predicted octanol–water partition coefficient (Wildman–Crippen LogP) is 4.56. The summed E-state index contributed by atoms with van der Waals surface area (Å²) >= 11 is 0. The van der Waals surface area contributed by atoms with Gasteiger partial charge in [0.1, 0.15) is 17.5 Å².